The van der Waals surface area contributed by atoms with Crippen molar-refractivity contribution < 1.29 is 17.2 Å². The van der Waals surface area contributed by atoms with Gasteiger partial charge in [-0.05, 0) is 31.2 Å². The van der Waals surface area contributed by atoms with Crippen LogP contribution >= 0.6 is 11.6 Å². The zero-order valence-electron chi connectivity index (χ0n) is 13.6. The van der Waals surface area contributed by atoms with Crippen LogP contribution in [0.3, 0.4) is 0 Å². The molecule has 0 aliphatic heterocycles. The first kappa shape index (κ1) is 16.7. The van der Waals surface area contributed by atoms with Gasteiger partial charge in [0.15, 0.2) is 11.4 Å². The van der Waals surface area contributed by atoms with Gasteiger partial charge in [0.1, 0.15) is 11.9 Å². The van der Waals surface area contributed by atoms with Gasteiger partial charge in [-0.15, -0.1) is 0 Å². The minimum absolute atomic E-state index is 0.120. The van der Waals surface area contributed by atoms with Gasteiger partial charge in [-0.25, -0.2) is 0 Å². The summed E-state index contributed by atoms with van der Waals surface area (Å²) in [5.41, 5.74) is 2.70. The van der Waals surface area contributed by atoms with E-state index in [0.717, 1.165) is 16.8 Å². The van der Waals surface area contributed by atoms with Gasteiger partial charge in [0.25, 0.3) is 0 Å². The molecule has 2 aromatic carbocycles. The highest BCUT2D eigenvalue weighted by Gasteiger charge is 2.22. The zero-order valence-corrected chi connectivity index (χ0v) is 15.1. The predicted molar refractivity (Wildman–Crippen MR) is 93.9 cm³/mol. The number of aryl methyl sites for hydroxylation is 3. The molecule has 0 unspecified atom stereocenters. The summed E-state index contributed by atoms with van der Waals surface area (Å²) in [6, 6.07) is 13.6. The zero-order chi connectivity index (χ0) is 17.5. The summed E-state index contributed by atoms with van der Waals surface area (Å²) in [5.74, 6) is 0.267. The Bertz CT molecular complexity index is 1030. The molecule has 1 heterocycles. The van der Waals surface area contributed by atoms with Gasteiger partial charge in [-0.3, -0.25) is 0 Å². The van der Waals surface area contributed by atoms with Crippen molar-refractivity contribution in [3.8, 4) is 5.75 Å². The fraction of sp³-hybridized carbons (Fsp3) is 0.167. The average molecular weight is 363 g/mol. The predicted octanol–water partition coefficient (Wildman–Crippen LogP) is 3.70. The van der Waals surface area contributed by atoms with Crippen LogP contribution in [0.2, 0.25) is 5.02 Å². The van der Waals surface area contributed by atoms with E-state index >= 15 is 0 Å². The van der Waals surface area contributed by atoms with Crippen LogP contribution in [0.5, 0.6) is 5.75 Å². The number of nitrogens with zero attached hydrogens (tertiary/aromatic N) is 1. The number of hydrogen-bond donors (Lipinski definition) is 0. The molecule has 0 saturated carbocycles. The molecule has 0 bridgehead atoms. The molecule has 24 heavy (non-hydrogen) atoms. The highest BCUT2D eigenvalue weighted by molar-refractivity contribution is 7.87. The molecular formula is C18H17ClNO3S+. The number of aromatic nitrogens is 1. The summed E-state index contributed by atoms with van der Waals surface area (Å²) < 4.78 is 32.5. The third-order valence-electron chi connectivity index (χ3n) is 3.96. The lowest BCUT2D eigenvalue weighted by atomic mass is 10.2. The Kier molecular flexibility index (Phi) is 4.24. The van der Waals surface area contributed by atoms with E-state index in [1.54, 1.807) is 30.3 Å². The lowest BCUT2D eigenvalue weighted by Gasteiger charge is -2.10. The maximum Gasteiger partial charge on any atom is 0.339 e. The summed E-state index contributed by atoms with van der Waals surface area (Å²) in [6.07, 6.45) is 0. The first-order chi connectivity index (χ1) is 11.3. The quantitative estimate of drug-likeness (QED) is 0.527. The van der Waals surface area contributed by atoms with E-state index in [1.807, 2.05) is 31.5 Å². The molecule has 0 spiro atoms. The maximum atomic E-state index is 12.6. The van der Waals surface area contributed by atoms with Gasteiger partial charge in [-0.1, -0.05) is 29.3 Å². The van der Waals surface area contributed by atoms with Gasteiger partial charge >= 0.3 is 10.1 Å². The standard InChI is InChI=1S/C18H17ClNO3S/c1-12-4-7-15(8-5-12)24(21,22)23-18-10-13(2)20(3)17-9-6-14(19)11-16(17)18/h4-11H,1-3H3/q+1. The molecular weight excluding hydrogens is 346 g/mol. The Morgan fingerprint density at radius 2 is 1.67 bits per heavy atom. The Morgan fingerprint density at radius 1 is 1.00 bits per heavy atom. The van der Waals surface area contributed by atoms with E-state index < -0.39 is 10.1 Å². The van der Waals surface area contributed by atoms with Crippen LogP contribution in [0.25, 0.3) is 10.9 Å². The molecule has 0 amide bonds. The SMILES string of the molecule is Cc1ccc(S(=O)(=O)Oc2cc(C)[n+](C)c3ccc(Cl)cc23)cc1. The van der Waals surface area contributed by atoms with E-state index in [9.17, 15) is 8.42 Å². The van der Waals surface area contributed by atoms with Gasteiger partial charge in [0.05, 0.1) is 5.39 Å². The summed E-state index contributed by atoms with van der Waals surface area (Å²) >= 11 is 6.07. The second-order valence-electron chi connectivity index (χ2n) is 5.72. The molecule has 124 valence electrons. The molecule has 0 aliphatic rings. The molecule has 4 nitrogen and oxygen atoms in total. The highest BCUT2D eigenvalue weighted by Crippen LogP contribution is 2.29. The largest absolute Gasteiger partial charge is 0.378 e. The first-order valence-corrected chi connectivity index (χ1v) is 9.16. The normalized spacial score (nSPS) is 11.7. The van der Waals surface area contributed by atoms with E-state index in [2.05, 4.69) is 0 Å². The van der Waals surface area contributed by atoms with Crippen LogP contribution in [0.15, 0.2) is 53.4 Å². The van der Waals surface area contributed by atoms with Gasteiger partial charge in [-0.2, -0.15) is 13.0 Å². The summed E-state index contributed by atoms with van der Waals surface area (Å²) in [7, 11) is -2.01. The summed E-state index contributed by atoms with van der Waals surface area (Å²) in [6.45, 7) is 3.78. The van der Waals surface area contributed by atoms with Crippen molar-refractivity contribution in [2.75, 3.05) is 0 Å². The Balaban J connectivity index is 2.14. The summed E-state index contributed by atoms with van der Waals surface area (Å²) in [4.78, 5) is 0.120. The second kappa shape index (κ2) is 6.07. The van der Waals surface area contributed by atoms with Crippen molar-refractivity contribution in [2.45, 2.75) is 18.7 Å². The minimum atomic E-state index is -3.92. The molecule has 0 fully saturated rings. The number of fused-ring (bicyclic) bond motifs is 1. The van der Waals surface area contributed by atoms with Crippen LogP contribution in [0, 0.1) is 13.8 Å². The van der Waals surface area contributed by atoms with Gasteiger partial charge < -0.3 is 4.18 Å². The fourth-order valence-corrected chi connectivity index (χ4v) is 3.60. The highest BCUT2D eigenvalue weighted by atomic mass is 35.5. The molecule has 0 atom stereocenters. The molecule has 0 saturated heterocycles. The van der Waals surface area contributed by atoms with Crippen molar-refractivity contribution in [3.63, 3.8) is 0 Å². The Hall–Kier alpha value is -2.11. The van der Waals surface area contributed by atoms with Gasteiger partial charge in [0.2, 0.25) is 5.52 Å². The van der Waals surface area contributed by atoms with E-state index in [0.29, 0.717) is 10.4 Å². The number of pyridine rings is 1. The fourth-order valence-electron chi connectivity index (χ4n) is 2.49. The van der Waals surface area contributed by atoms with Crippen LogP contribution in [0.4, 0.5) is 0 Å². The number of benzene rings is 2. The second-order valence-corrected chi connectivity index (χ2v) is 7.70. The molecule has 3 rings (SSSR count). The van der Waals surface area contributed by atoms with Crippen LogP contribution < -0.4 is 8.75 Å². The lowest BCUT2D eigenvalue weighted by Crippen LogP contribution is -2.33. The number of rotatable bonds is 3. The molecule has 6 heteroatoms. The van der Waals surface area contributed by atoms with E-state index in [1.165, 1.54) is 12.1 Å². The Morgan fingerprint density at radius 3 is 2.33 bits per heavy atom. The van der Waals surface area contributed by atoms with E-state index in [4.69, 9.17) is 15.8 Å². The molecule has 0 radical (unpaired) electrons. The topological polar surface area (TPSA) is 47.3 Å². The van der Waals surface area contributed by atoms with Gasteiger partial charge in [0, 0.05) is 24.1 Å². The first-order valence-electron chi connectivity index (χ1n) is 7.38. The molecule has 3 aromatic rings. The van der Waals surface area contributed by atoms with E-state index in [-0.39, 0.29) is 10.6 Å². The smallest absolute Gasteiger partial charge is 0.339 e. The number of hydrogen-bond acceptors (Lipinski definition) is 3. The van der Waals surface area contributed by atoms with Crippen LogP contribution in [-0.2, 0) is 17.2 Å². The monoisotopic (exact) mass is 362 g/mol. The van der Waals surface area contributed by atoms with Crippen LogP contribution in [-0.4, -0.2) is 8.42 Å². The summed E-state index contributed by atoms with van der Waals surface area (Å²) in [5, 5.41) is 1.16. The molecule has 0 N–H and O–H groups in total. The van der Waals surface area contributed by atoms with Crippen molar-refractivity contribution in [1.82, 2.24) is 0 Å². The minimum Gasteiger partial charge on any atom is -0.378 e. The van der Waals surface area contributed by atoms with Crippen molar-refractivity contribution in [2.24, 2.45) is 7.05 Å². The number of halogens is 1. The van der Waals surface area contributed by atoms with Crippen LogP contribution in [0.1, 0.15) is 11.3 Å². The maximum absolute atomic E-state index is 12.6. The molecule has 0 aliphatic carbocycles. The van der Waals surface area contributed by atoms with Crippen molar-refractivity contribution in [1.29, 1.82) is 0 Å². The lowest BCUT2D eigenvalue weighted by molar-refractivity contribution is -0.651. The van der Waals surface area contributed by atoms with Crippen molar-refractivity contribution >= 4 is 32.6 Å². The average Bonchev–Trinajstić information content (AvgIpc) is 2.52. The Labute approximate surface area is 146 Å². The third-order valence-corrected chi connectivity index (χ3v) is 5.45. The third kappa shape index (κ3) is 3.09. The van der Waals surface area contributed by atoms with Crippen molar-refractivity contribution in [3.05, 3.63) is 64.8 Å². The molecule has 1 aromatic heterocycles.